The Morgan fingerprint density at radius 1 is 1.50 bits per heavy atom. The van der Waals surface area contributed by atoms with Crippen molar-refractivity contribution in [2.75, 3.05) is 6.54 Å². The molecule has 0 atom stereocenters. The van der Waals surface area contributed by atoms with E-state index in [0.29, 0.717) is 0 Å². The van der Waals surface area contributed by atoms with Gasteiger partial charge < -0.3 is 5.32 Å². The van der Waals surface area contributed by atoms with Crippen molar-refractivity contribution in [2.45, 2.75) is 26.3 Å². The summed E-state index contributed by atoms with van der Waals surface area (Å²) in [5.41, 5.74) is 1.38. The lowest BCUT2D eigenvalue weighted by molar-refractivity contribution is 0.642. The zero-order valence-corrected chi connectivity index (χ0v) is 10.2. The quantitative estimate of drug-likeness (QED) is 0.753. The first-order chi connectivity index (χ1) is 7.86. The van der Waals surface area contributed by atoms with E-state index in [2.05, 4.69) is 38.9 Å². The molecule has 16 heavy (non-hydrogen) atoms. The number of rotatable bonds is 6. The highest BCUT2D eigenvalue weighted by atomic mass is 32.1. The van der Waals surface area contributed by atoms with E-state index in [4.69, 9.17) is 0 Å². The Balaban J connectivity index is 1.61. The second-order valence-corrected chi connectivity index (χ2v) is 4.74. The van der Waals surface area contributed by atoms with Crippen LogP contribution in [0.2, 0.25) is 0 Å². The van der Waals surface area contributed by atoms with Crippen LogP contribution >= 0.6 is 11.3 Å². The summed E-state index contributed by atoms with van der Waals surface area (Å²) >= 11 is 1.81. The van der Waals surface area contributed by atoms with Crippen molar-refractivity contribution in [3.63, 3.8) is 0 Å². The average Bonchev–Trinajstić information content (AvgIpc) is 2.90. The van der Waals surface area contributed by atoms with E-state index >= 15 is 0 Å². The number of hydrogen-bond donors (Lipinski definition) is 2. The summed E-state index contributed by atoms with van der Waals surface area (Å²) in [7, 11) is 0. The van der Waals surface area contributed by atoms with Crippen molar-refractivity contribution in [3.8, 4) is 0 Å². The summed E-state index contributed by atoms with van der Waals surface area (Å²) in [5.74, 6) is 0.967. The summed E-state index contributed by atoms with van der Waals surface area (Å²) in [6, 6.07) is 2.16. The molecule has 0 saturated heterocycles. The fraction of sp³-hybridized carbons (Fsp3) is 0.455. The average molecular weight is 236 g/mol. The molecule has 2 aromatic rings. The lowest BCUT2D eigenvalue weighted by Gasteiger charge is -2.02. The van der Waals surface area contributed by atoms with E-state index in [1.807, 2.05) is 11.3 Å². The van der Waals surface area contributed by atoms with Gasteiger partial charge in [0, 0.05) is 17.8 Å². The Bertz CT molecular complexity index is 407. The molecule has 0 aromatic carbocycles. The van der Waals surface area contributed by atoms with Crippen LogP contribution in [0, 0.1) is 6.92 Å². The fourth-order valence-corrected chi connectivity index (χ4v) is 2.39. The number of aromatic nitrogens is 3. The molecule has 2 heterocycles. The van der Waals surface area contributed by atoms with Crippen LogP contribution in [0.5, 0.6) is 0 Å². The number of aryl methyl sites for hydroxylation is 2. The lowest BCUT2D eigenvalue weighted by Crippen LogP contribution is -2.15. The Labute approximate surface area is 99.1 Å². The zero-order valence-electron chi connectivity index (χ0n) is 9.36. The van der Waals surface area contributed by atoms with Crippen LogP contribution in [0.4, 0.5) is 0 Å². The molecule has 0 unspecified atom stereocenters. The Morgan fingerprint density at radius 3 is 3.12 bits per heavy atom. The van der Waals surface area contributed by atoms with Gasteiger partial charge in [0.2, 0.25) is 0 Å². The number of H-pyrrole nitrogens is 1. The molecule has 4 nitrogen and oxygen atoms in total. The third kappa shape index (κ3) is 3.15. The van der Waals surface area contributed by atoms with Crippen LogP contribution in [0.15, 0.2) is 17.8 Å². The van der Waals surface area contributed by atoms with E-state index in [9.17, 15) is 0 Å². The van der Waals surface area contributed by atoms with Gasteiger partial charge in [-0.1, -0.05) is 0 Å². The van der Waals surface area contributed by atoms with Crippen LogP contribution in [0.3, 0.4) is 0 Å². The molecule has 2 N–H and O–H groups in total. The van der Waals surface area contributed by atoms with Crippen molar-refractivity contribution >= 4 is 11.3 Å². The molecule has 2 rings (SSSR count). The number of thiophene rings is 1. The number of aromatic amines is 1. The van der Waals surface area contributed by atoms with E-state index < -0.39 is 0 Å². The van der Waals surface area contributed by atoms with Crippen molar-refractivity contribution in [3.05, 3.63) is 34.0 Å². The molecule has 2 aromatic heterocycles. The van der Waals surface area contributed by atoms with Crippen LogP contribution in [-0.2, 0) is 13.0 Å². The maximum absolute atomic E-state index is 4.09. The SMILES string of the molecule is Cc1ccsc1CNCCCc1ncn[nH]1. The van der Waals surface area contributed by atoms with E-state index in [1.54, 1.807) is 6.33 Å². The molecule has 0 radical (unpaired) electrons. The number of nitrogens with one attached hydrogen (secondary N) is 2. The van der Waals surface area contributed by atoms with Gasteiger partial charge in [-0.25, -0.2) is 4.98 Å². The minimum absolute atomic E-state index is 0.955. The number of nitrogens with zero attached hydrogens (tertiary/aromatic N) is 2. The van der Waals surface area contributed by atoms with E-state index in [-0.39, 0.29) is 0 Å². The molecule has 0 saturated carbocycles. The third-order valence-corrected chi connectivity index (χ3v) is 3.51. The maximum Gasteiger partial charge on any atom is 0.137 e. The van der Waals surface area contributed by atoms with Crippen molar-refractivity contribution in [1.29, 1.82) is 0 Å². The summed E-state index contributed by atoms with van der Waals surface area (Å²) in [5, 5.41) is 12.3. The molecule has 0 aliphatic rings. The van der Waals surface area contributed by atoms with Gasteiger partial charge in [-0.15, -0.1) is 11.3 Å². The van der Waals surface area contributed by atoms with Gasteiger partial charge in [0.1, 0.15) is 12.2 Å². The summed E-state index contributed by atoms with van der Waals surface area (Å²) < 4.78 is 0. The monoisotopic (exact) mass is 236 g/mol. The number of hydrogen-bond acceptors (Lipinski definition) is 4. The largest absolute Gasteiger partial charge is 0.312 e. The van der Waals surface area contributed by atoms with Crippen molar-refractivity contribution < 1.29 is 0 Å². The predicted octanol–water partition coefficient (Wildman–Crippen LogP) is 1.90. The Kier molecular flexibility index (Phi) is 4.07. The molecular weight excluding hydrogens is 220 g/mol. The summed E-state index contributed by atoms with van der Waals surface area (Å²) in [6.07, 6.45) is 3.59. The highest BCUT2D eigenvalue weighted by Gasteiger charge is 1.99. The zero-order chi connectivity index (χ0) is 11.2. The maximum atomic E-state index is 4.09. The first-order valence-electron chi connectivity index (χ1n) is 5.44. The van der Waals surface area contributed by atoms with E-state index in [0.717, 1.165) is 31.8 Å². The van der Waals surface area contributed by atoms with Gasteiger partial charge in [-0.3, -0.25) is 5.10 Å². The van der Waals surface area contributed by atoms with Crippen LogP contribution < -0.4 is 5.32 Å². The summed E-state index contributed by atoms with van der Waals surface area (Å²) in [4.78, 5) is 5.52. The highest BCUT2D eigenvalue weighted by Crippen LogP contribution is 2.14. The molecular formula is C11H16N4S. The lowest BCUT2D eigenvalue weighted by atomic mass is 10.2. The first-order valence-corrected chi connectivity index (χ1v) is 6.32. The molecule has 0 aliphatic carbocycles. The molecule has 0 aliphatic heterocycles. The Morgan fingerprint density at radius 2 is 2.44 bits per heavy atom. The smallest absolute Gasteiger partial charge is 0.137 e. The minimum Gasteiger partial charge on any atom is -0.312 e. The topological polar surface area (TPSA) is 53.6 Å². The van der Waals surface area contributed by atoms with Crippen LogP contribution in [0.25, 0.3) is 0 Å². The van der Waals surface area contributed by atoms with Crippen molar-refractivity contribution in [2.24, 2.45) is 0 Å². The first kappa shape index (κ1) is 11.3. The molecule has 86 valence electrons. The molecule has 0 spiro atoms. The normalized spacial score (nSPS) is 10.8. The van der Waals surface area contributed by atoms with Crippen LogP contribution in [-0.4, -0.2) is 21.7 Å². The second kappa shape index (κ2) is 5.77. The van der Waals surface area contributed by atoms with Gasteiger partial charge in [0.05, 0.1) is 0 Å². The fourth-order valence-electron chi connectivity index (χ4n) is 1.52. The van der Waals surface area contributed by atoms with Gasteiger partial charge in [-0.2, -0.15) is 5.10 Å². The third-order valence-electron chi connectivity index (χ3n) is 2.49. The van der Waals surface area contributed by atoms with Crippen LogP contribution in [0.1, 0.15) is 22.7 Å². The summed E-state index contributed by atoms with van der Waals surface area (Å²) in [6.45, 7) is 4.14. The van der Waals surface area contributed by atoms with Crippen molar-refractivity contribution in [1.82, 2.24) is 20.5 Å². The Hall–Kier alpha value is -1.20. The predicted molar refractivity (Wildman–Crippen MR) is 65.5 cm³/mol. The van der Waals surface area contributed by atoms with Gasteiger partial charge >= 0.3 is 0 Å². The molecule has 0 bridgehead atoms. The van der Waals surface area contributed by atoms with Gasteiger partial charge in [-0.05, 0) is 36.9 Å². The molecule has 0 fully saturated rings. The van der Waals surface area contributed by atoms with E-state index in [1.165, 1.54) is 10.4 Å². The second-order valence-electron chi connectivity index (χ2n) is 3.74. The highest BCUT2D eigenvalue weighted by molar-refractivity contribution is 7.10. The molecule has 5 heteroatoms. The standard InChI is InChI=1S/C11H16N4S/c1-9-4-6-16-10(9)7-12-5-2-3-11-13-8-14-15-11/h4,6,8,12H,2-3,5,7H2,1H3,(H,13,14,15). The van der Waals surface area contributed by atoms with Gasteiger partial charge in [0.15, 0.2) is 0 Å². The minimum atomic E-state index is 0.955. The molecule has 0 amide bonds. The van der Waals surface area contributed by atoms with Gasteiger partial charge in [0.25, 0.3) is 0 Å².